The van der Waals surface area contributed by atoms with Crippen LogP contribution in [0.4, 0.5) is 0 Å². The van der Waals surface area contributed by atoms with Crippen LogP contribution < -0.4 is 5.32 Å². The Bertz CT molecular complexity index is 409. The van der Waals surface area contributed by atoms with Gasteiger partial charge in [-0.1, -0.05) is 34.8 Å². The van der Waals surface area contributed by atoms with E-state index in [0.29, 0.717) is 21.1 Å². The van der Waals surface area contributed by atoms with Crippen molar-refractivity contribution in [2.24, 2.45) is 0 Å². The van der Waals surface area contributed by atoms with Crippen molar-refractivity contribution in [3.8, 4) is 0 Å². The largest absolute Gasteiger partial charge is 0.312 e. The van der Waals surface area contributed by atoms with E-state index < -0.39 is 0 Å². The molecule has 0 spiro atoms. The molecule has 0 unspecified atom stereocenters. The lowest BCUT2D eigenvalue weighted by molar-refractivity contribution is 0.200. The summed E-state index contributed by atoms with van der Waals surface area (Å²) in [6.45, 7) is 5.93. The molecule has 1 aromatic rings. The van der Waals surface area contributed by atoms with Crippen LogP contribution in [0.25, 0.3) is 0 Å². The van der Waals surface area contributed by atoms with Crippen molar-refractivity contribution in [2.45, 2.75) is 19.5 Å². The molecule has 1 N–H and O–H groups in total. The van der Waals surface area contributed by atoms with Crippen LogP contribution in [0.2, 0.25) is 15.1 Å². The van der Waals surface area contributed by atoms with Gasteiger partial charge in [-0.05, 0) is 19.1 Å². The van der Waals surface area contributed by atoms with E-state index in [-0.39, 0.29) is 0 Å². The van der Waals surface area contributed by atoms with Crippen molar-refractivity contribution < 1.29 is 0 Å². The molecule has 1 aromatic carbocycles. The summed E-state index contributed by atoms with van der Waals surface area (Å²) in [5, 5.41) is 5.23. The Balaban J connectivity index is 2.15. The van der Waals surface area contributed by atoms with Crippen molar-refractivity contribution in [2.75, 3.05) is 19.6 Å². The minimum Gasteiger partial charge on any atom is -0.312 e. The molecule has 2 rings (SSSR count). The normalized spacial score (nSPS) is 21.8. The Morgan fingerprint density at radius 1 is 1.29 bits per heavy atom. The van der Waals surface area contributed by atoms with Gasteiger partial charge in [0, 0.05) is 42.8 Å². The molecular formula is C12H15Cl3N2. The Hall–Kier alpha value is 0.01000. The van der Waals surface area contributed by atoms with Gasteiger partial charge in [-0.3, -0.25) is 4.90 Å². The molecule has 1 fully saturated rings. The lowest BCUT2D eigenvalue weighted by Crippen LogP contribution is -2.48. The van der Waals surface area contributed by atoms with Crippen LogP contribution in [-0.2, 0) is 6.54 Å². The van der Waals surface area contributed by atoms with Crippen molar-refractivity contribution in [3.05, 3.63) is 32.8 Å². The van der Waals surface area contributed by atoms with E-state index in [9.17, 15) is 0 Å². The number of nitrogens with zero attached hydrogens (tertiary/aromatic N) is 1. The van der Waals surface area contributed by atoms with E-state index in [0.717, 1.165) is 31.7 Å². The lowest BCUT2D eigenvalue weighted by atomic mass is 10.1. The predicted molar refractivity (Wildman–Crippen MR) is 74.2 cm³/mol. The van der Waals surface area contributed by atoms with Gasteiger partial charge in [0.2, 0.25) is 0 Å². The number of piperazine rings is 1. The number of halogens is 3. The van der Waals surface area contributed by atoms with Crippen molar-refractivity contribution in [1.29, 1.82) is 0 Å². The van der Waals surface area contributed by atoms with E-state index in [2.05, 4.69) is 17.1 Å². The molecule has 0 bridgehead atoms. The summed E-state index contributed by atoms with van der Waals surface area (Å²) in [5.74, 6) is 0. The molecule has 1 heterocycles. The second-order valence-corrected chi connectivity index (χ2v) is 5.60. The highest BCUT2D eigenvalue weighted by Gasteiger charge is 2.18. The van der Waals surface area contributed by atoms with Crippen LogP contribution in [0.5, 0.6) is 0 Å². The molecule has 0 amide bonds. The van der Waals surface area contributed by atoms with Crippen LogP contribution in [0.1, 0.15) is 12.5 Å². The Labute approximate surface area is 117 Å². The number of hydrogen-bond donors (Lipinski definition) is 1. The van der Waals surface area contributed by atoms with E-state index >= 15 is 0 Å². The smallest absolute Gasteiger partial charge is 0.0652 e. The summed E-state index contributed by atoms with van der Waals surface area (Å²) in [6, 6.07) is 4.04. The SMILES string of the molecule is C[C@@H]1CN(Cc2c(Cl)ccc(Cl)c2Cl)CCN1. The molecule has 17 heavy (non-hydrogen) atoms. The van der Waals surface area contributed by atoms with E-state index in [1.807, 2.05) is 0 Å². The van der Waals surface area contributed by atoms with Crippen LogP contribution in [0.3, 0.4) is 0 Å². The molecule has 2 nitrogen and oxygen atoms in total. The van der Waals surface area contributed by atoms with Crippen molar-refractivity contribution >= 4 is 34.8 Å². The maximum atomic E-state index is 6.20. The number of hydrogen-bond acceptors (Lipinski definition) is 2. The minimum atomic E-state index is 0.500. The molecule has 0 saturated carbocycles. The van der Waals surface area contributed by atoms with Gasteiger partial charge in [0.15, 0.2) is 0 Å². The first-order chi connectivity index (χ1) is 8.08. The third kappa shape index (κ3) is 3.27. The molecule has 1 aliphatic rings. The van der Waals surface area contributed by atoms with Gasteiger partial charge >= 0.3 is 0 Å². The minimum absolute atomic E-state index is 0.500. The summed E-state index contributed by atoms with van der Waals surface area (Å²) in [5.41, 5.74) is 0.926. The third-order valence-corrected chi connectivity index (χ3v) is 4.17. The number of benzene rings is 1. The predicted octanol–water partition coefficient (Wildman–Crippen LogP) is 3.44. The fourth-order valence-electron chi connectivity index (χ4n) is 2.09. The Morgan fingerprint density at radius 2 is 2.00 bits per heavy atom. The zero-order chi connectivity index (χ0) is 12.4. The third-order valence-electron chi connectivity index (χ3n) is 2.97. The van der Waals surface area contributed by atoms with Crippen molar-refractivity contribution in [3.63, 3.8) is 0 Å². The van der Waals surface area contributed by atoms with E-state index in [4.69, 9.17) is 34.8 Å². The summed E-state index contributed by atoms with van der Waals surface area (Å²) in [4.78, 5) is 2.34. The zero-order valence-corrected chi connectivity index (χ0v) is 11.9. The number of nitrogens with one attached hydrogen (secondary N) is 1. The van der Waals surface area contributed by atoms with Gasteiger partial charge in [0.1, 0.15) is 0 Å². The highest BCUT2D eigenvalue weighted by Crippen LogP contribution is 2.32. The molecule has 0 aliphatic carbocycles. The van der Waals surface area contributed by atoms with Crippen LogP contribution in [0.15, 0.2) is 12.1 Å². The van der Waals surface area contributed by atoms with Crippen LogP contribution in [-0.4, -0.2) is 30.6 Å². The average Bonchev–Trinajstić information content (AvgIpc) is 2.30. The first-order valence-electron chi connectivity index (χ1n) is 5.66. The van der Waals surface area contributed by atoms with Crippen molar-refractivity contribution in [1.82, 2.24) is 10.2 Å². The quantitative estimate of drug-likeness (QED) is 0.840. The highest BCUT2D eigenvalue weighted by atomic mass is 35.5. The van der Waals surface area contributed by atoms with E-state index in [1.54, 1.807) is 12.1 Å². The fraction of sp³-hybridized carbons (Fsp3) is 0.500. The molecular weight excluding hydrogens is 279 g/mol. The van der Waals surface area contributed by atoms with Gasteiger partial charge in [-0.15, -0.1) is 0 Å². The topological polar surface area (TPSA) is 15.3 Å². The lowest BCUT2D eigenvalue weighted by Gasteiger charge is -2.32. The monoisotopic (exact) mass is 292 g/mol. The molecule has 1 atom stereocenters. The molecule has 1 aliphatic heterocycles. The molecule has 0 radical (unpaired) electrons. The summed E-state index contributed by atoms with van der Waals surface area (Å²) < 4.78 is 0. The molecule has 1 saturated heterocycles. The van der Waals surface area contributed by atoms with Crippen LogP contribution in [0, 0.1) is 0 Å². The maximum Gasteiger partial charge on any atom is 0.0652 e. The van der Waals surface area contributed by atoms with E-state index in [1.165, 1.54) is 0 Å². The highest BCUT2D eigenvalue weighted by molar-refractivity contribution is 6.44. The Kier molecular flexibility index (Phi) is 4.56. The van der Waals surface area contributed by atoms with Gasteiger partial charge < -0.3 is 5.32 Å². The average molecular weight is 294 g/mol. The van der Waals surface area contributed by atoms with Gasteiger partial charge in [-0.2, -0.15) is 0 Å². The zero-order valence-electron chi connectivity index (χ0n) is 9.64. The van der Waals surface area contributed by atoms with Gasteiger partial charge in [0.25, 0.3) is 0 Å². The summed E-state index contributed by atoms with van der Waals surface area (Å²) >= 11 is 18.4. The second-order valence-electron chi connectivity index (χ2n) is 4.41. The van der Waals surface area contributed by atoms with Crippen LogP contribution >= 0.6 is 34.8 Å². The fourth-order valence-corrected chi connectivity index (χ4v) is 2.76. The van der Waals surface area contributed by atoms with Gasteiger partial charge in [-0.25, -0.2) is 0 Å². The second kappa shape index (κ2) is 5.77. The molecule has 94 valence electrons. The number of rotatable bonds is 2. The summed E-state index contributed by atoms with van der Waals surface area (Å²) in [7, 11) is 0. The standard InChI is InChI=1S/C12H15Cl3N2/c1-8-6-17(5-4-16-8)7-9-10(13)2-3-11(14)12(9)15/h2-3,8,16H,4-7H2,1H3/t8-/m1/s1. The first kappa shape index (κ1) is 13.4. The summed E-state index contributed by atoms with van der Waals surface area (Å²) in [6.07, 6.45) is 0. The maximum absolute atomic E-state index is 6.20. The first-order valence-corrected chi connectivity index (χ1v) is 6.79. The molecule has 5 heteroatoms. The Morgan fingerprint density at radius 3 is 2.71 bits per heavy atom. The molecule has 0 aromatic heterocycles. The van der Waals surface area contributed by atoms with Gasteiger partial charge in [0.05, 0.1) is 10.0 Å².